The Morgan fingerprint density at radius 3 is 2.17 bits per heavy atom. The molecule has 0 nitrogen and oxygen atoms in total. The molecule has 0 aromatic rings. The third-order valence-corrected chi connectivity index (χ3v) is 3.41. The van der Waals surface area contributed by atoms with Crippen molar-refractivity contribution < 1.29 is 0 Å². The van der Waals surface area contributed by atoms with Crippen LogP contribution in [0.2, 0.25) is 0 Å². The third-order valence-electron chi connectivity index (χ3n) is 3.41. The normalized spacial score (nSPS) is 18.4. The Labute approximate surface area is 78.1 Å². The van der Waals surface area contributed by atoms with Crippen LogP contribution >= 0.6 is 0 Å². The van der Waals surface area contributed by atoms with Crippen molar-refractivity contribution in [1.82, 2.24) is 0 Å². The molecule has 0 aliphatic rings. The van der Waals surface area contributed by atoms with Gasteiger partial charge >= 0.3 is 0 Å². The Bertz CT molecular complexity index is 146. The molecule has 0 amide bonds. The van der Waals surface area contributed by atoms with Crippen LogP contribution in [-0.4, -0.2) is 0 Å². The predicted octanol–water partition coefficient (Wildman–Crippen LogP) is 4.42. The average molecular weight is 168 g/mol. The maximum Gasteiger partial charge on any atom is -0.0183 e. The van der Waals surface area contributed by atoms with Crippen LogP contribution in [0.4, 0.5) is 0 Å². The summed E-state index contributed by atoms with van der Waals surface area (Å²) in [5.41, 5.74) is 1.80. The maximum absolute atomic E-state index is 4.05. The van der Waals surface area contributed by atoms with Crippen molar-refractivity contribution in [2.24, 2.45) is 11.3 Å². The molecule has 0 aromatic heterocycles. The van der Waals surface area contributed by atoms with E-state index in [9.17, 15) is 0 Å². The second kappa shape index (κ2) is 4.69. The van der Waals surface area contributed by atoms with Crippen LogP contribution in [0.1, 0.15) is 53.9 Å². The average Bonchev–Trinajstić information content (AvgIpc) is 2.03. The summed E-state index contributed by atoms with van der Waals surface area (Å²) in [6.45, 7) is 15.4. The Hall–Kier alpha value is -0.260. The van der Waals surface area contributed by atoms with Gasteiger partial charge in [-0.15, -0.1) is 0 Å². The first-order valence-electron chi connectivity index (χ1n) is 5.13. The van der Waals surface area contributed by atoms with E-state index in [-0.39, 0.29) is 0 Å². The van der Waals surface area contributed by atoms with Gasteiger partial charge in [0.1, 0.15) is 0 Å². The first kappa shape index (κ1) is 11.7. The van der Waals surface area contributed by atoms with Gasteiger partial charge in [0.05, 0.1) is 0 Å². The molecule has 0 aromatic carbocycles. The highest BCUT2D eigenvalue weighted by atomic mass is 14.3. The molecule has 0 saturated carbocycles. The summed E-state index contributed by atoms with van der Waals surface area (Å²) in [7, 11) is 0. The van der Waals surface area contributed by atoms with Gasteiger partial charge in [0, 0.05) is 0 Å². The molecule has 0 aliphatic carbocycles. The van der Waals surface area contributed by atoms with Crippen LogP contribution in [0.25, 0.3) is 0 Å². The smallest absolute Gasteiger partial charge is 0.0183 e. The molecule has 0 spiro atoms. The molecule has 0 heterocycles. The quantitative estimate of drug-likeness (QED) is 0.533. The molecule has 0 bridgehead atoms. The van der Waals surface area contributed by atoms with Gasteiger partial charge in [-0.05, 0) is 24.7 Å². The first-order valence-corrected chi connectivity index (χ1v) is 5.13. The summed E-state index contributed by atoms with van der Waals surface area (Å²) < 4.78 is 0. The zero-order valence-electron chi connectivity index (χ0n) is 9.41. The van der Waals surface area contributed by atoms with Crippen molar-refractivity contribution in [3.05, 3.63) is 12.2 Å². The highest BCUT2D eigenvalue weighted by Crippen LogP contribution is 2.39. The second-order valence-corrected chi connectivity index (χ2v) is 4.33. The Morgan fingerprint density at radius 2 is 1.92 bits per heavy atom. The Balaban J connectivity index is 4.38. The third kappa shape index (κ3) is 2.66. The van der Waals surface area contributed by atoms with E-state index < -0.39 is 0 Å². The fourth-order valence-electron chi connectivity index (χ4n) is 1.87. The molecular formula is C12H24. The molecule has 0 rings (SSSR count). The summed E-state index contributed by atoms with van der Waals surface area (Å²) in [6.07, 6.45) is 3.86. The van der Waals surface area contributed by atoms with Crippen molar-refractivity contribution in [1.29, 1.82) is 0 Å². The fourth-order valence-corrected chi connectivity index (χ4v) is 1.87. The lowest BCUT2D eigenvalue weighted by atomic mass is 9.70. The minimum atomic E-state index is 0.473. The van der Waals surface area contributed by atoms with Gasteiger partial charge in [-0.3, -0.25) is 0 Å². The molecule has 2 unspecified atom stereocenters. The molecule has 0 radical (unpaired) electrons. The van der Waals surface area contributed by atoms with E-state index in [1.54, 1.807) is 0 Å². The van der Waals surface area contributed by atoms with Crippen LogP contribution in [0.5, 0.6) is 0 Å². The second-order valence-electron chi connectivity index (χ2n) is 4.33. The van der Waals surface area contributed by atoms with Crippen LogP contribution in [0.15, 0.2) is 12.2 Å². The predicted molar refractivity (Wildman–Crippen MR) is 57.3 cm³/mol. The van der Waals surface area contributed by atoms with Gasteiger partial charge in [-0.1, -0.05) is 52.7 Å². The number of hydrogen-bond acceptors (Lipinski definition) is 0. The molecule has 0 heteroatoms. The first-order chi connectivity index (χ1) is 5.48. The monoisotopic (exact) mass is 168 g/mol. The molecule has 0 saturated heterocycles. The lowest BCUT2D eigenvalue weighted by molar-refractivity contribution is 0.201. The van der Waals surface area contributed by atoms with Crippen LogP contribution in [-0.2, 0) is 0 Å². The van der Waals surface area contributed by atoms with E-state index in [2.05, 4.69) is 41.2 Å². The van der Waals surface area contributed by atoms with Gasteiger partial charge in [0.15, 0.2) is 0 Å². The minimum absolute atomic E-state index is 0.473. The molecular weight excluding hydrogens is 144 g/mol. The molecule has 0 aliphatic heterocycles. The number of rotatable bonds is 5. The molecule has 0 N–H and O–H groups in total. The summed E-state index contributed by atoms with van der Waals surface area (Å²) in [6, 6.07) is 0. The van der Waals surface area contributed by atoms with Gasteiger partial charge in [-0.25, -0.2) is 0 Å². The minimum Gasteiger partial charge on any atom is -0.0999 e. The summed E-state index contributed by atoms with van der Waals surface area (Å²) in [4.78, 5) is 0. The van der Waals surface area contributed by atoms with Gasteiger partial charge < -0.3 is 0 Å². The van der Waals surface area contributed by atoms with Crippen molar-refractivity contribution in [2.45, 2.75) is 53.9 Å². The summed E-state index contributed by atoms with van der Waals surface area (Å²) >= 11 is 0. The lowest BCUT2D eigenvalue weighted by Gasteiger charge is -2.35. The highest BCUT2D eigenvalue weighted by Gasteiger charge is 2.28. The lowest BCUT2D eigenvalue weighted by Crippen LogP contribution is -2.25. The molecule has 12 heavy (non-hydrogen) atoms. The summed E-state index contributed by atoms with van der Waals surface area (Å²) in [5, 5.41) is 0. The Morgan fingerprint density at radius 1 is 1.42 bits per heavy atom. The van der Waals surface area contributed by atoms with Gasteiger partial charge in [0.25, 0.3) is 0 Å². The maximum atomic E-state index is 4.05. The standard InChI is InChI=1S/C12H24/c1-7-9-12(6,8-2)11(5)10(3)4/h11H,3,7-9H2,1-2,4-6H3. The van der Waals surface area contributed by atoms with Crippen molar-refractivity contribution in [3.8, 4) is 0 Å². The van der Waals surface area contributed by atoms with Crippen molar-refractivity contribution in [3.63, 3.8) is 0 Å². The zero-order valence-corrected chi connectivity index (χ0v) is 9.41. The molecule has 72 valence electrons. The topological polar surface area (TPSA) is 0 Å². The van der Waals surface area contributed by atoms with Crippen LogP contribution in [0.3, 0.4) is 0 Å². The SMILES string of the molecule is C=C(C)C(C)C(C)(CC)CCC. The summed E-state index contributed by atoms with van der Waals surface area (Å²) in [5.74, 6) is 0.655. The van der Waals surface area contributed by atoms with Crippen molar-refractivity contribution >= 4 is 0 Å². The van der Waals surface area contributed by atoms with E-state index in [0.29, 0.717) is 11.3 Å². The van der Waals surface area contributed by atoms with Gasteiger partial charge in [0.2, 0.25) is 0 Å². The number of hydrogen-bond donors (Lipinski definition) is 0. The van der Waals surface area contributed by atoms with E-state index in [1.165, 1.54) is 24.8 Å². The largest absolute Gasteiger partial charge is 0.0999 e. The van der Waals surface area contributed by atoms with E-state index in [1.807, 2.05) is 0 Å². The van der Waals surface area contributed by atoms with Crippen LogP contribution in [0, 0.1) is 11.3 Å². The van der Waals surface area contributed by atoms with Gasteiger partial charge in [-0.2, -0.15) is 0 Å². The van der Waals surface area contributed by atoms with E-state index in [4.69, 9.17) is 0 Å². The van der Waals surface area contributed by atoms with Crippen LogP contribution < -0.4 is 0 Å². The zero-order chi connectivity index (χ0) is 9.78. The number of allylic oxidation sites excluding steroid dienone is 1. The van der Waals surface area contributed by atoms with E-state index in [0.717, 1.165) is 0 Å². The van der Waals surface area contributed by atoms with E-state index >= 15 is 0 Å². The fraction of sp³-hybridized carbons (Fsp3) is 0.833. The Kier molecular flexibility index (Phi) is 4.59. The molecule has 2 atom stereocenters. The highest BCUT2D eigenvalue weighted by molar-refractivity contribution is 5.01. The molecule has 0 fully saturated rings. The van der Waals surface area contributed by atoms with Crippen molar-refractivity contribution in [2.75, 3.05) is 0 Å².